The van der Waals surface area contributed by atoms with Crippen molar-refractivity contribution in [1.29, 1.82) is 0 Å². The van der Waals surface area contributed by atoms with Crippen molar-refractivity contribution in [2.75, 3.05) is 6.54 Å². The van der Waals surface area contributed by atoms with Crippen molar-refractivity contribution < 1.29 is 13.2 Å². The van der Waals surface area contributed by atoms with E-state index in [0.717, 1.165) is 6.07 Å². The van der Waals surface area contributed by atoms with E-state index in [1.165, 1.54) is 0 Å². The van der Waals surface area contributed by atoms with Crippen LogP contribution >= 0.6 is 0 Å². The lowest BCUT2D eigenvalue weighted by atomic mass is 10.1. The smallest absolute Gasteiger partial charge is 0.166 e. The van der Waals surface area contributed by atoms with Gasteiger partial charge < -0.3 is 11.5 Å². The van der Waals surface area contributed by atoms with Crippen LogP contribution in [0.3, 0.4) is 0 Å². The number of hydrogen-bond acceptors (Lipinski definition) is 2. The molecule has 0 aromatic heterocycles. The topological polar surface area (TPSA) is 52.0 Å². The van der Waals surface area contributed by atoms with E-state index < -0.39 is 29.1 Å². The molecule has 0 heterocycles. The van der Waals surface area contributed by atoms with Crippen LogP contribution in [-0.2, 0) is 0 Å². The lowest BCUT2D eigenvalue weighted by Crippen LogP contribution is -2.23. The molecule has 0 bridgehead atoms. The number of hydrogen-bond donors (Lipinski definition) is 2. The molecule has 0 radical (unpaired) electrons. The summed E-state index contributed by atoms with van der Waals surface area (Å²) in [5.41, 5.74) is 9.91. The molecular weight excluding hydrogens is 181 g/mol. The van der Waals surface area contributed by atoms with Crippen molar-refractivity contribution in [3.63, 3.8) is 0 Å². The van der Waals surface area contributed by atoms with Gasteiger partial charge in [0.25, 0.3) is 0 Å². The Morgan fingerprint density at radius 1 is 1.15 bits per heavy atom. The first-order valence-electron chi connectivity index (χ1n) is 3.67. The molecule has 1 rings (SSSR count). The average molecular weight is 190 g/mol. The van der Waals surface area contributed by atoms with E-state index in [1.54, 1.807) is 0 Å². The van der Waals surface area contributed by atoms with E-state index >= 15 is 0 Å². The van der Waals surface area contributed by atoms with E-state index in [2.05, 4.69) is 0 Å². The van der Waals surface area contributed by atoms with Gasteiger partial charge in [-0.1, -0.05) is 0 Å². The van der Waals surface area contributed by atoms with E-state index in [4.69, 9.17) is 11.5 Å². The molecule has 2 nitrogen and oxygen atoms in total. The fourth-order valence-electron chi connectivity index (χ4n) is 1.00. The van der Waals surface area contributed by atoms with Crippen molar-refractivity contribution in [2.24, 2.45) is 11.5 Å². The molecule has 0 unspecified atom stereocenters. The maximum Gasteiger partial charge on any atom is 0.166 e. The maximum absolute atomic E-state index is 12.9. The summed E-state index contributed by atoms with van der Waals surface area (Å²) >= 11 is 0. The Morgan fingerprint density at radius 2 is 1.69 bits per heavy atom. The molecule has 72 valence electrons. The molecule has 0 aliphatic carbocycles. The van der Waals surface area contributed by atoms with Gasteiger partial charge in [-0.05, 0) is 12.1 Å². The predicted octanol–water partition coefficient (Wildman–Crippen LogP) is 1.06. The van der Waals surface area contributed by atoms with Crippen molar-refractivity contribution in [1.82, 2.24) is 0 Å². The summed E-state index contributed by atoms with van der Waals surface area (Å²) in [7, 11) is 0. The van der Waals surface area contributed by atoms with Crippen molar-refractivity contribution in [2.45, 2.75) is 6.04 Å². The minimum atomic E-state index is -1.27. The largest absolute Gasteiger partial charge is 0.329 e. The molecular formula is C8H9F3N2. The fourth-order valence-corrected chi connectivity index (χ4v) is 1.00. The zero-order chi connectivity index (χ0) is 10.0. The molecule has 1 atom stereocenters. The van der Waals surface area contributed by atoms with Crippen molar-refractivity contribution >= 4 is 0 Å². The van der Waals surface area contributed by atoms with E-state index in [0.29, 0.717) is 6.07 Å². The summed E-state index contributed by atoms with van der Waals surface area (Å²) in [6.45, 7) is -0.142. The highest BCUT2D eigenvalue weighted by Gasteiger charge is 2.18. The summed E-state index contributed by atoms with van der Waals surface area (Å²) in [5.74, 6) is -3.27. The molecule has 1 aromatic rings. The van der Waals surface area contributed by atoms with Gasteiger partial charge in [0.2, 0.25) is 0 Å². The minimum absolute atomic E-state index is 0.142. The van der Waals surface area contributed by atoms with Crippen LogP contribution in [0.25, 0.3) is 0 Å². The third-order valence-electron chi connectivity index (χ3n) is 1.70. The highest BCUT2D eigenvalue weighted by atomic mass is 19.2. The Labute approximate surface area is 73.3 Å². The second-order valence-electron chi connectivity index (χ2n) is 2.60. The molecule has 0 aliphatic rings. The second kappa shape index (κ2) is 3.76. The van der Waals surface area contributed by atoms with E-state index in [-0.39, 0.29) is 6.54 Å². The van der Waals surface area contributed by atoms with E-state index in [1.807, 2.05) is 0 Å². The Hall–Kier alpha value is -1.07. The van der Waals surface area contributed by atoms with Crippen LogP contribution < -0.4 is 11.5 Å². The molecule has 0 saturated carbocycles. The molecule has 1 aromatic carbocycles. The normalized spacial score (nSPS) is 13.0. The van der Waals surface area contributed by atoms with Crippen LogP contribution in [0.2, 0.25) is 0 Å². The van der Waals surface area contributed by atoms with Gasteiger partial charge in [-0.3, -0.25) is 0 Å². The average Bonchev–Trinajstić information content (AvgIpc) is 2.12. The van der Waals surface area contributed by atoms with Crippen molar-refractivity contribution in [3.8, 4) is 0 Å². The van der Waals surface area contributed by atoms with Crippen LogP contribution in [-0.4, -0.2) is 6.54 Å². The van der Waals surface area contributed by atoms with Crippen LogP contribution in [0.4, 0.5) is 13.2 Å². The first-order chi connectivity index (χ1) is 6.07. The maximum atomic E-state index is 12.9. The highest BCUT2D eigenvalue weighted by molar-refractivity contribution is 5.24. The lowest BCUT2D eigenvalue weighted by molar-refractivity contribution is 0.466. The molecule has 0 spiro atoms. The summed E-state index contributed by atoms with van der Waals surface area (Å²) in [4.78, 5) is 0. The number of halogens is 3. The van der Waals surface area contributed by atoms with Crippen LogP contribution in [0, 0.1) is 17.5 Å². The predicted molar refractivity (Wildman–Crippen MR) is 42.3 cm³/mol. The Balaban J connectivity index is 3.25. The monoisotopic (exact) mass is 190 g/mol. The molecule has 5 heteroatoms. The van der Waals surface area contributed by atoms with Gasteiger partial charge in [0, 0.05) is 18.2 Å². The van der Waals surface area contributed by atoms with Gasteiger partial charge in [0.05, 0.1) is 0 Å². The summed E-state index contributed by atoms with van der Waals surface area (Å²) in [6.07, 6.45) is 0. The van der Waals surface area contributed by atoms with Gasteiger partial charge in [-0.15, -0.1) is 0 Å². The minimum Gasteiger partial charge on any atom is -0.329 e. The number of benzene rings is 1. The summed E-state index contributed by atoms with van der Waals surface area (Å²) in [5, 5.41) is 0. The van der Waals surface area contributed by atoms with Crippen molar-refractivity contribution in [3.05, 3.63) is 35.1 Å². The molecule has 0 fully saturated rings. The molecule has 0 saturated heterocycles. The highest BCUT2D eigenvalue weighted by Crippen LogP contribution is 2.20. The third-order valence-corrected chi connectivity index (χ3v) is 1.70. The van der Waals surface area contributed by atoms with Gasteiger partial charge in [0.1, 0.15) is 5.82 Å². The number of rotatable bonds is 2. The third kappa shape index (κ3) is 1.81. The second-order valence-corrected chi connectivity index (χ2v) is 2.60. The Kier molecular flexibility index (Phi) is 2.90. The summed E-state index contributed by atoms with van der Waals surface area (Å²) in [6, 6.07) is 0.511. The van der Waals surface area contributed by atoms with E-state index in [9.17, 15) is 13.2 Å². The standard InChI is InChI=1S/C8H9F3N2/c9-4-1-2-5(10)8(11)7(4)6(13)3-12/h1-2,6H,3,12-13H2/t6-/m1/s1. The lowest BCUT2D eigenvalue weighted by Gasteiger charge is -2.11. The molecule has 4 N–H and O–H groups in total. The zero-order valence-corrected chi connectivity index (χ0v) is 6.73. The Morgan fingerprint density at radius 3 is 2.23 bits per heavy atom. The SMILES string of the molecule is NC[C@@H](N)c1c(F)ccc(F)c1F. The quantitative estimate of drug-likeness (QED) is 0.685. The van der Waals surface area contributed by atoms with Crippen LogP contribution in [0.15, 0.2) is 12.1 Å². The van der Waals surface area contributed by atoms with Crippen LogP contribution in [0.5, 0.6) is 0 Å². The van der Waals surface area contributed by atoms with Gasteiger partial charge >= 0.3 is 0 Å². The Bertz CT molecular complexity index is 315. The van der Waals surface area contributed by atoms with Gasteiger partial charge in [-0.2, -0.15) is 0 Å². The molecule has 0 aliphatic heterocycles. The fraction of sp³-hybridized carbons (Fsp3) is 0.250. The molecule has 13 heavy (non-hydrogen) atoms. The van der Waals surface area contributed by atoms with Gasteiger partial charge in [0.15, 0.2) is 11.6 Å². The summed E-state index contributed by atoms with van der Waals surface area (Å²) < 4.78 is 38.5. The first kappa shape index (κ1) is 10.0. The van der Waals surface area contributed by atoms with Gasteiger partial charge in [-0.25, -0.2) is 13.2 Å². The zero-order valence-electron chi connectivity index (χ0n) is 6.73. The van der Waals surface area contributed by atoms with Crippen LogP contribution in [0.1, 0.15) is 11.6 Å². The first-order valence-corrected chi connectivity index (χ1v) is 3.67. The molecule has 0 amide bonds. The number of nitrogens with two attached hydrogens (primary N) is 2.